The van der Waals surface area contributed by atoms with E-state index in [0.29, 0.717) is 24.1 Å². The molecule has 0 radical (unpaired) electrons. The summed E-state index contributed by atoms with van der Waals surface area (Å²) in [7, 11) is 1.38. The SMILES string of the molecule is COC(=O)N(c1ccc(-c2ccc(C3CCC(CC(=O)O)CC3)cc2)nc1)C1CCCCO1. The minimum absolute atomic E-state index is 0.285. The zero-order valence-corrected chi connectivity index (χ0v) is 19.1. The van der Waals surface area contributed by atoms with Gasteiger partial charge in [0.2, 0.25) is 0 Å². The van der Waals surface area contributed by atoms with Gasteiger partial charge in [-0.3, -0.25) is 9.78 Å². The summed E-state index contributed by atoms with van der Waals surface area (Å²) in [6.07, 6.45) is 8.02. The molecule has 1 aliphatic carbocycles. The Morgan fingerprint density at radius 1 is 1.06 bits per heavy atom. The molecule has 2 aromatic rings. The molecule has 1 saturated heterocycles. The first-order chi connectivity index (χ1) is 16.0. The molecule has 7 heteroatoms. The third-order valence-electron chi connectivity index (χ3n) is 6.83. The summed E-state index contributed by atoms with van der Waals surface area (Å²) in [5.41, 5.74) is 3.82. The van der Waals surface area contributed by atoms with E-state index in [2.05, 4.69) is 29.2 Å². The summed E-state index contributed by atoms with van der Waals surface area (Å²) in [5.74, 6) is 0.107. The quantitative estimate of drug-likeness (QED) is 0.614. The summed E-state index contributed by atoms with van der Waals surface area (Å²) in [4.78, 5) is 29.5. The highest BCUT2D eigenvalue weighted by atomic mass is 16.6. The van der Waals surface area contributed by atoms with Crippen molar-refractivity contribution in [1.29, 1.82) is 0 Å². The van der Waals surface area contributed by atoms with Crippen molar-refractivity contribution >= 4 is 17.7 Å². The fourth-order valence-electron chi connectivity index (χ4n) is 4.99. The van der Waals surface area contributed by atoms with Gasteiger partial charge in [-0.05, 0) is 74.5 Å². The largest absolute Gasteiger partial charge is 0.481 e. The number of carboxylic acids is 1. The molecule has 1 aliphatic heterocycles. The molecule has 1 unspecified atom stereocenters. The van der Waals surface area contributed by atoms with Gasteiger partial charge < -0.3 is 14.6 Å². The number of aromatic nitrogens is 1. The number of hydrogen-bond acceptors (Lipinski definition) is 5. The Balaban J connectivity index is 1.42. The Morgan fingerprint density at radius 2 is 1.82 bits per heavy atom. The fraction of sp³-hybridized carbons (Fsp3) is 0.500. The average molecular weight is 453 g/mol. The van der Waals surface area contributed by atoms with Crippen molar-refractivity contribution in [1.82, 2.24) is 4.98 Å². The van der Waals surface area contributed by atoms with Gasteiger partial charge in [-0.1, -0.05) is 24.3 Å². The molecule has 0 bridgehead atoms. The Kier molecular flexibility index (Phi) is 7.60. The Bertz CT molecular complexity index is 930. The van der Waals surface area contributed by atoms with Crippen LogP contribution in [0.15, 0.2) is 42.6 Å². The monoisotopic (exact) mass is 452 g/mol. The lowest BCUT2D eigenvalue weighted by molar-refractivity contribution is -0.138. The maximum atomic E-state index is 12.4. The number of methoxy groups -OCH3 is 1. The van der Waals surface area contributed by atoms with E-state index in [4.69, 9.17) is 14.6 Å². The number of pyridine rings is 1. The number of carboxylic acid groups (broad SMARTS) is 1. The van der Waals surface area contributed by atoms with E-state index in [0.717, 1.165) is 56.2 Å². The summed E-state index contributed by atoms with van der Waals surface area (Å²) >= 11 is 0. The molecule has 1 N–H and O–H groups in total. The first kappa shape index (κ1) is 23.2. The molecular weight excluding hydrogens is 420 g/mol. The van der Waals surface area contributed by atoms with E-state index in [-0.39, 0.29) is 12.6 Å². The first-order valence-corrected chi connectivity index (χ1v) is 11.8. The van der Waals surface area contributed by atoms with Gasteiger partial charge in [0.05, 0.1) is 24.7 Å². The summed E-state index contributed by atoms with van der Waals surface area (Å²) in [6.45, 7) is 0.636. The van der Waals surface area contributed by atoms with Crippen LogP contribution >= 0.6 is 0 Å². The molecule has 4 rings (SSSR count). The number of benzene rings is 1. The molecule has 1 aromatic heterocycles. The molecule has 1 amide bonds. The summed E-state index contributed by atoms with van der Waals surface area (Å²) in [6, 6.07) is 12.3. The third-order valence-corrected chi connectivity index (χ3v) is 6.83. The number of hydrogen-bond donors (Lipinski definition) is 1. The standard InChI is InChI=1S/C26H32N2O5/c1-32-26(31)28(24-4-2-3-15-33-24)22-13-14-23(27-17-22)21-11-9-20(10-12-21)19-7-5-18(6-8-19)16-25(29)30/h9-14,17-19,24H,2-8,15-16H2,1H3,(H,29,30). The van der Waals surface area contributed by atoms with Gasteiger partial charge in [0.1, 0.15) is 6.23 Å². The maximum absolute atomic E-state index is 12.4. The summed E-state index contributed by atoms with van der Waals surface area (Å²) < 4.78 is 10.8. The molecular formula is C26H32N2O5. The number of nitrogens with zero attached hydrogens (tertiary/aromatic N) is 2. The van der Waals surface area contributed by atoms with Crippen molar-refractivity contribution in [2.45, 2.75) is 63.5 Å². The minimum Gasteiger partial charge on any atom is -0.481 e. The van der Waals surface area contributed by atoms with E-state index < -0.39 is 12.1 Å². The van der Waals surface area contributed by atoms with Crippen LogP contribution in [0.4, 0.5) is 10.5 Å². The number of carbonyl (C=O) groups is 2. The lowest BCUT2D eigenvalue weighted by atomic mass is 9.77. The van der Waals surface area contributed by atoms with Crippen LogP contribution in [-0.4, -0.2) is 42.1 Å². The highest BCUT2D eigenvalue weighted by molar-refractivity contribution is 5.88. The van der Waals surface area contributed by atoms with Crippen molar-refractivity contribution in [3.63, 3.8) is 0 Å². The van der Waals surface area contributed by atoms with Crippen LogP contribution in [0, 0.1) is 5.92 Å². The van der Waals surface area contributed by atoms with Gasteiger partial charge >= 0.3 is 12.1 Å². The molecule has 0 spiro atoms. The number of carbonyl (C=O) groups excluding carboxylic acids is 1. The zero-order valence-electron chi connectivity index (χ0n) is 19.1. The van der Waals surface area contributed by atoms with Crippen LogP contribution < -0.4 is 4.90 Å². The van der Waals surface area contributed by atoms with Crippen LogP contribution in [0.2, 0.25) is 0 Å². The van der Waals surface area contributed by atoms with Gasteiger partial charge in [0.25, 0.3) is 0 Å². The second kappa shape index (κ2) is 10.8. The second-order valence-electron chi connectivity index (χ2n) is 9.00. The maximum Gasteiger partial charge on any atom is 0.416 e. The first-order valence-electron chi connectivity index (χ1n) is 11.8. The smallest absolute Gasteiger partial charge is 0.416 e. The molecule has 1 saturated carbocycles. The predicted octanol–water partition coefficient (Wildman–Crippen LogP) is 5.60. The van der Waals surface area contributed by atoms with E-state index in [1.54, 1.807) is 11.1 Å². The Labute approximate surface area is 194 Å². The lowest BCUT2D eigenvalue weighted by Crippen LogP contribution is -2.43. The minimum atomic E-state index is -0.692. The Morgan fingerprint density at radius 3 is 2.39 bits per heavy atom. The van der Waals surface area contributed by atoms with E-state index in [1.807, 2.05) is 12.1 Å². The fourth-order valence-corrected chi connectivity index (χ4v) is 4.99. The number of amides is 1. The zero-order chi connectivity index (χ0) is 23.2. The molecule has 7 nitrogen and oxygen atoms in total. The predicted molar refractivity (Wildman–Crippen MR) is 125 cm³/mol. The van der Waals surface area contributed by atoms with Crippen molar-refractivity contribution in [2.75, 3.05) is 18.6 Å². The van der Waals surface area contributed by atoms with Gasteiger partial charge in [-0.15, -0.1) is 0 Å². The topological polar surface area (TPSA) is 89.0 Å². The van der Waals surface area contributed by atoms with Crippen LogP contribution in [0.25, 0.3) is 11.3 Å². The van der Waals surface area contributed by atoms with Crippen LogP contribution in [-0.2, 0) is 14.3 Å². The average Bonchev–Trinajstić information content (AvgIpc) is 2.85. The second-order valence-corrected chi connectivity index (χ2v) is 9.00. The third kappa shape index (κ3) is 5.71. The molecule has 33 heavy (non-hydrogen) atoms. The number of rotatable bonds is 6. The molecule has 2 heterocycles. The molecule has 176 valence electrons. The van der Waals surface area contributed by atoms with E-state index in [9.17, 15) is 9.59 Å². The normalized spacial score (nSPS) is 23.0. The van der Waals surface area contributed by atoms with E-state index in [1.165, 1.54) is 12.7 Å². The van der Waals surface area contributed by atoms with Crippen LogP contribution in [0.1, 0.15) is 62.8 Å². The van der Waals surface area contributed by atoms with Crippen LogP contribution in [0.5, 0.6) is 0 Å². The van der Waals surface area contributed by atoms with Gasteiger partial charge in [-0.2, -0.15) is 0 Å². The highest BCUT2D eigenvalue weighted by Gasteiger charge is 2.29. The van der Waals surface area contributed by atoms with Gasteiger partial charge in [-0.25, -0.2) is 9.69 Å². The Hall–Kier alpha value is -2.93. The van der Waals surface area contributed by atoms with Gasteiger partial charge in [0.15, 0.2) is 0 Å². The van der Waals surface area contributed by atoms with Crippen molar-refractivity contribution in [3.05, 3.63) is 48.2 Å². The van der Waals surface area contributed by atoms with Crippen molar-refractivity contribution in [3.8, 4) is 11.3 Å². The van der Waals surface area contributed by atoms with Crippen molar-refractivity contribution in [2.24, 2.45) is 5.92 Å². The molecule has 1 atom stereocenters. The lowest BCUT2D eigenvalue weighted by Gasteiger charge is -2.32. The summed E-state index contributed by atoms with van der Waals surface area (Å²) in [5, 5.41) is 9.00. The van der Waals surface area contributed by atoms with Crippen LogP contribution in [0.3, 0.4) is 0 Å². The molecule has 2 aliphatic rings. The number of anilines is 1. The van der Waals surface area contributed by atoms with Gasteiger partial charge in [0, 0.05) is 18.6 Å². The molecule has 1 aromatic carbocycles. The molecule has 2 fully saturated rings. The van der Waals surface area contributed by atoms with Crippen molar-refractivity contribution < 1.29 is 24.2 Å². The highest BCUT2D eigenvalue weighted by Crippen LogP contribution is 2.37. The number of aliphatic carboxylic acids is 1. The number of ether oxygens (including phenoxy) is 2. The van der Waals surface area contributed by atoms with E-state index >= 15 is 0 Å².